The molecule has 0 unspecified atom stereocenters. The van der Waals surface area contributed by atoms with Gasteiger partial charge < -0.3 is 9.88 Å². The molecule has 4 rings (SSSR count). The van der Waals surface area contributed by atoms with Crippen LogP contribution in [0.3, 0.4) is 0 Å². The summed E-state index contributed by atoms with van der Waals surface area (Å²) in [6.07, 6.45) is 1.89. The van der Waals surface area contributed by atoms with Gasteiger partial charge in [-0.1, -0.05) is 18.2 Å². The Morgan fingerprint density at radius 2 is 1.93 bits per heavy atom. The monoisotopic (exact) mass is 466 g/mol. The summed E-state index contributed by atoms with van der Waals surface area (Å²) in [5, 5.41) is 3.67. The summed E-state index contributed by atoms with van der Waals surface area (Å²) in [5.41, 5.74) is -0.518. The molecule has 1 N–H and O–H groups in total. The number of anilines is 1. The van der Waals surface area contributed by atoms with Crippen LogP contribution in [0.1, 0.15) is 50.3 Å². The predicted octanol–water partition coefficient (Wildman–Crippen LogP) is 5.31. The van der Waals surface area contributed by atoms with E-state index in [1.54, 1.807) is 17.7 Å². The van der Waals surface area contributed by atoms with Crippen molar-refractivity contribution in [1.29, 1.82) is 0 Å². The molecular formula is C20H18BrF3N4O. The zero-order chi connectivity index (χ0) is 20.9. The molecular weight excluding hydrogens is 449 g/mol. The van der Waals surface area contributed by atoms with Gasteiger partial charge in [-0.25, -0.2) is 23.1 Å². The van der Waals surface area contributed by atoms with Gasteiger partial charge >= 0.3 is 0 Å². The van der Waals surface area contributed by atoms with Gasteiger partial charge in [0.15, 0.2) is 0 Å². The summed E-state index contributed by atoms with van der Waals surface area (Å²) in [6, 6.07) is 3.29. The van der Waals surface area contributed by atoms with Crippen LogP contribution in [0.4, 0.5) is 19.0 Å². The molecule has 0 radical (unpaired) electrons. The van der Waals surface area contributed by atoms with Crippen LogP contribution in [0.5, 0.6) is 0 Å². The molecule has 1 saturated carbocycles. The van der Waals surface area contributed by atoms with E-state index in [4.69, 9.17) is 0 Å². The molecule has 2 heterocycles. The average molecular weight is 467 g/mol. The van der Waals surface area contributed by atoms with Gasteiger partial charge in [-0.15, -0.1) is 0 Å². The highest BCUT2D eigenvalue weighted by Gasteiger charge is 2.40. The number of hydrogen-bond donors (Lipinski definition) is 1. The van der Waals surface area contributed by atoms with E-state index in [2.05, 4.69) is 31.2 Å². The predicted molar refractivity (Wildman–Crippen MR) is 108 cm³/mol. The van der Waals surface area contributed by atoms with Crippen molar-refractivity contribution in [2.75, 3.05) is 5.32 Å². The zero-order valence-electron chi connectivity index (χ0n) is 15.7. The van der Waals surface area contributed by atoms with E-state index in [0.29, 0.717) is 21.2 Å². The van der Waals surface area contributed by atoms with Crippen LogP contribution in [0, 0.1) is 5.82 Å². The summed E-state index contributed by atoms with van der Waals surface area (Å²) in [5.74, 6) is -0.549. The number of nitrogens with one attached hydrogen (secondary N) is 1. The number of alkyl halides is 2. The second kappa shape index (κ2) is 7.12. The van der Waals surface area contributed by atoms with E-state index in [1.807, 2.05) is 6.92 Å². The van der Waals surface area contributed by atoms with Gasteiger partial charge in [-0.2, -0.15) is 0 Å². The van der Waals surface area contributed by atoms with Crippen molar-refractivity contribution in [3.8, 4) is 0 Å². The molecule has 3 aromatic rings. The maximum absolute atomic E-state index is 14.5. The fourth-order valence-electron chi connectivity index (χ4n) is 3.38. The molecule has 1 fully saturated rings. The van der Waals surface area contributed by atoms with Crippen LogP contribution < -0.4 is 10.9 Å². The molecule has 0 bridgehead atoms. The van der Waals surface area contributed by atoms with Crippen molar-refractivity contribution in [3.05, 3.63) is 62.5 Å². The number of hydrogen-bond acceptors (Lipinski definition) is 4. The molecule has 0 amide bonds. The van der Waals surface area contributed by atoms with Crippen molar-refractivity contribution in [1.82, 2.24) is 14.5 Å². The Morgan fingerprint density at radius 1 is 1.24 bits per heavy atom. The lowest BCUT2D eigenvalue weighted by Gasteiger charge is -2.20. The second-order valence-corrected chi connectivity index (χ2v) is 8.31. The number of pyridine rings is 1. The number of nitrogens with zero attached hydrogens (tertiary/aromatic N) is 3. The minimum Gasteiger partial charge on any atom is -0.363 e. The molecule has 5 nitrogen and oxygen atoms in total. The van der Waals surface area contributed by atoms with Crippen LogP contribution in [0.25, 0.3) is 10.9 Å². The van der Waals surface area contributed by atoms with Crippen molar-refractivity contribution in [3.63, 3.8) is 0 Å². The number of halogens is 4. The average Bonchev–Trinajstić information content (AvgIpc) is 3.43. The van der Waals surface area contributed by atoms with E-state index in [1.165, 1.54) is 18.5 Å². The molecule has 9 heteroatoms. The summed E-state index contributed by atoms with van der Waals surface area (Å²) in [4.78, 5) is 21.1. The Bertz CT molecular complexity index is 1160. The quantitative estimate of drug-likeness (QED) is 0.553. The van der Waals surface area contributed by atoms with Crippen molar-refractivity contribution in [2.45, 2.75) is 44.7 Å². The highest BCUT2D eigenvalue weighted by molar-refractivity contribution is 9.10. The number of rotatable bonds is 5. The Labute approximate surface area is 173 Å². The minimum atomic E-state index is -2.90. The fourth-order valence-corrected chi connectivity index (χ4v) is 3.89. The molecule has 1 aliphatic carbocycles. The maximum Gasteiger partial charge on any atom is 0.267 e. The second-order valence-electron chi connectivity index (χ2n) is 7.52. The standard InChI is InChI=1S/C20H18BrF3N4O/c1-10(11-4-3-5-12(15(11)22)17(23)24)27-18-13-8-28(20(2)6-7-20)19(29)14(21)16(13)25-9-26-18/h3-5,8-10,17H,6-7H2,1-2H3,(H,25,26,27)/t10-/m1/s1. The van der Waals surface area contributed by atoms with Crippen molar-refractivity contribution in [2.24, 2.45) is 0 Å². The van der Waals surface area contributed by atoms with Gasteiger partial charge in [0.05, 0.1) is 22.5 Å². The molecule has 29 heavy (non-hydrogen) atoms. The first-order valence-electron chi connectivity index (χ1n) is 9.12. The minimum absolute atomic E-state index is 0.108. The van der Waals surface area contributed by atoms with Crippen LogP contribution in [0.15, 0.2) is 40.0 Å². The topological polar surface area (TPSA) is 59.8 Å². The molecule has 152 valence electrons. The number of aromatic nitrogens is 3. The first kappa shape index (κ1) is 19.9. The third-order valence-electron chi connectivity index (χ3n) is 5.43. The van der Waals surface area contributed by atoms with Gasteiger partial charge in [-0.3, -0.25) is 4.79 Å². The van der Waals surface area contributed by atoms with Crippen molar-refractivity contribution < 1.29 is 13.2 Å². The third-order valence-corrected chi connectivity index (χ3v) is 6.14. The van der Waals surface area contributed by atoms with Gasteiger partial charge in [0, 0.05) is 17.3 Å². The first-order chi connectivity index (χ1) is 13.7. The molecule has 2 aromatic heterocycles. The van der Waals surface area contributed by atoms with Gasteiger partial charge in [-0.05, 0) is 42.6 Å². The normalized spacial score (nSPS) is 16.2. The van der Waals surface area contributed by atoms with Crippen molar-refractivity contribution >= 4 is 32.7 Å². The van der Waals surface area contributed by atoms with E-state index in [9.17, 15) is 18.0 Å². The highest BCUT2D eigenvalue weighted by Crippen LogP contribution is 2.43. The Balaban J connectivity index is 1.78. The highest BCUT2D eigenvalue weighted by atomic mass is 79.9. The van der Waals surface area contributed by atoms with Crippen LogP contribution in [-0.4, -0.2) is 14.5 Å². The molecule has 1 aliphatic rings. The van der Waals surface area contributed by atoms with Gasteiger partial charge in [0.1, 0.15) is 22.4 Å². The fraction of sp³-hybridized carbons (Fsp3) is 0.350. The third kappa shape index (κ3) is 3.41. The number of fused-ring (bicyclic) bond motifs is 1. The van der Waals surface area contributed by atoms with Gasteiger partial charge in [0.2, 0.25) is 0 Å². The molecule has 0 aliphatic heterocycles. The Kier molecular flexibility index (Phi) is 4.88. The van der Waals surface area contributed by atoms with Crippen LogP contribution in [-0.2, 0) is 5.54 Å². The summed E-state index contributed by atoms with van der Waals surface area (Å²) >= 11 is 3.34. The molecule has 1 aromatic carbocycles. The molecule has 0 saturated heterocycles. The van der Waals surface area contributed by atoms with Crippen LogP contribution in [0.2, 0.25) is 0 Å². The van der Waals surface area contributed by atoms with Crippen LogP contribution >= 0.6 is 15.9 Å². The molecule has 0 spiro atoms. The zero-order valence-corrected chi connectivity index (χ0v) is 17.3. The Morgan fingerprint density at radius 3 is 2.59 bits per heavy atom. The lowest BCUT2D eigenvalue weighted by molar-refractivity contribution is 0.146. The van der Waals surface area contributed by atoms with E-state index >= 15 is 0 Å². The molecule has 1 atom stereocenters. The Hall–Kier alpha value is -2.42. The van der Waals surface area contributed by atoms with Gasteiger partial charge in [0.25, 0.3) is 12.0 Å². The summed E-state index contributed by atoms with van der Waals surface area (Å²) in [6.45, 7) is 3.66. The van der Waals surface area contributed by atoms with E-state index < -0.39 is 23.8 Å². The first-order valence-corrected chi connectivity index (χ1v) is 9.91. The summed E-state index contributed by atoms with van der Waals surface area (Å²) in [7, 11) is 0. The summed E-state index contributed by atoms with van der Waals surface area (Å²) < 4.78 is 42.6. The number of benzene rings is 1. The smallest absolute Gasteiger partial charge is 0.267 e. The largest absolute Gasteiger partial charge is 0.363 e. The SMILES string of the molecule is C[C@@H](Nc1ncnc2c(Br)c(=O)n(C3(C)CC3)cc12)c1cccc(C(F)F)c1F. The lowest BCUT2D eigenvalue weighted by Crippen LogP contribution is -2.28. The lowest BCUT2D eigenvalue weighted by atomic mass is 10.0. The maximum atomic E-state index is 14.5. The van der Waals surface area contributed by atoms with E-state index in [0.717, 1.165) is 18.9 Å². The van der Waals surface area contributed by atoms with E-state index in [-0.39, 0.29) is 16.7 Å².